The summed E-state index contributed by atoms with van der Waals surface area (Å²) in [4.78, 5) is 11.9. The van der Waals surface area contributed by atoms with Crippen molar-refractivity contribution in [3.05, 3.63) is 24.2 Å². The number of hydrogen-bond donors (Lipinski definition) is 0. The lowest BCUT2D eigenvalue weighted by Gasteiger charge is -2.01. The summed E-state index contributed by atoms with van der Waals surface area (Å²) in [5, 5.41) is 8.32. The van der Waals surface area contributed by atoms with Gasteiger partial charge < -0.3 is 4.42 Å². The van der Waals surface area contributed by atoms with Crippen molar-refractivity contribution in [2.75, 3.05) is 7.05 Å². The van der Waals surface area contributed by atoms with Crippen LogP contribution in [0.1, 0.15) is 10.6 Å². The van der Waals surface area contributed by atoms with Crippen LogP contribution in [-0.2, 0) is 0 Å². The normalized spacial score (nSPS) is 8.73. The molecule has 0 N–H and O–H groups in total. The number of nitriles is 1. The Morgan fingerprint density at radius 1 is 1.82 bits per heavy atom. The van der Waals surface area contributed by atoms with Gasteiger partial charge in [-0.2, -0.15) is 5.26 Å². The highest BCUT2D eigenvalue weighted by atomic mass is 16.3. The van der Waals surface area contributed by atoms with E-state index < -0.39 is 5.91 Å². The summed E-state index contributed by atoms with van der Waals surface area (Å²) in [6, 6.07) is 3.11. The van der Waals surface area contributed by atoms with E-state index in [2.05, 4.69) is 0 Å². The van der Waals surface area contributed by atoms with Gasteiger partial charge in [0.15, 0.2) is 12.0 Å². The second-order valence-electron chi connectivity index (χ2n) is 1.94. The van der Waals surface area contributed by atoms with E-state index in [1.165, 1.54) is 19.4 Å². The van der Waals surface area contributed by atoms with Crippen molar-refractivity contribution in [2.45, 2.75) is 0 Å². The Kier molecular flexibility index (Phi) is 1.93. The predicted molar refractivity (Wildman–Crippen MR) is 36.4 cm³/mol. The molecule has 0 saturated heterocycles. The molecule has 1 heterocycles. The SMILES string of the molecule is CN(C#N)C(=O)c1ccco1. The van der Waals surface area contributed by atoms with Gasteiger partial charge in [0.05, 0.1) is 6.26 Å². The van der Waals surface area contributed by atoms with Crippen LogP contribution in [0.3, 0.4) is 0 Å². The highest BCUT2D eigenvalue weighted by Gasteiger charge is 2.12. The van der Waals surface area contributed by atoms with Crippen LogP contribution in [0, 0.1) is 11.5 Å². The lowest BCUT2D eigenvalue weighted by molar-refractivity contribution is 0.0828. The second-order valence-corrected chi connectivity index (χ2v) is 1.94. The zero-order valence-corrected chi connectivity index (χ0v) is 5.94. The van der Waals surface area contributed by atoms with Crippen molar-refractivity contribution in [1.29, 1.82) is 5.26 Å². The van der Waals surface area contributed by atoms with Gasteiger partial charge in [0.1, 0.15) is 0 Å². The Balaban J connectivity index is 2.81. The molecule has 56 valence electrons. The molecular formula is C7H6N2O2. The largest absolute Gasteiger partial charge is 0.459 e. The first-order chi connectivity index (χ1) is 5.25. The Morgan fingerprint density at radius 3 is 3.00 bits per heavy atom. The second kappa shape index (κ2) is 2.88. The zero-order chi connectivity index (χ0) is 8.27. The minimum atomic E-state index is -0.433. The number of carbonyl (C=O) groups excluding carboxylic acids is 1. The average molecular weight is 150 g/mol. The smallest absolute Gasteiger partial charge is 0.302 e. The quantitative estimate of drug-likeness (QED) is 0.440. The number of furan rings is 1. The lowest BCUT2D eigenvalue weighted by Crippen LogP contribution is -2.20. The number of rotatable bonds is 1. The molecule has 11 heavy (non-hydrogen) atoms. The highest BCUT2D eigenvalue weighted by Crippen LogP contribution is 2.02. The standard InChI is InChI=1S/C7H6N2O2/c1-9(5-8)7(10)6-3-2-4-11-6/h2-4H,1H3. The van der Waals surface area contributed by atoms with Crippen molar-refractivity contribution in [1.82, 2.24) is 4.90 Å². The maximum absolute atomic E-state index is 11.0. The van der Waals surface area contributed by atoms with Gasteiger partial charge in [-0.15, -0.1) is 0 Å². The van der Waals surface area contributed by atoms with Gasteiger partial charge in [-0.3, -0.25) is 4.79 Å². The summed E-state index contributed by atoms with van der Waals surface area (Å²) in [5.41, 5.74) is 0. The van der Waals surface area contributed by atoms with Crippen LogP contribution in [0.15, 0.2) is 22.8 Å². The minimum Gasteiger partial charge on any atom is -0.459 e. The van der Waals surface area contributed by atoms with Crippen molar-refractivity contribution in [3.8, 4) is 6.19 Å². The number of hydrogen-bond acceptors (Lipinski definition) is 3. The lowest BCUT2D eigenvalue weighted by atomic mass is 10.4. The molecule has 0 spiro atoms. The molecule has 0 fully saturated rings. The molecule has 0 saturated carbocycles. The van der Waals surface area contributed by atoms with Gasteiger partial charge in [-0.25, -0.2) is 4.90 Å². The van der Waals surface area contributed by atoms with E-state index in [9.17, 15) is 4.79 Å². The molecule has 0 unspecified atom stereocenters. The Hall–Kier alpha value is -1.76. The Labute approximate surface area is 63.6 Å². The van der Waals surface area contributed by atoms with Crippen LogP contribution in [0.4, 0.5) is 0 Å². The van der Waals surface area contributed by atoms with Crippen molar-refractivity contribution in [2.24, 2.45) is 0 Å². The van der Waals surface area contributed by atoms with Gasteiger partial charge in [0, 0.05) is 7.05 Å². The first-order valence-corrected chi connectivity index (χ1v) is 2.97. The van der Waals surface area contributed by atoms with Gasteiger partial charge >= 0.3 is 5.91 Å². The van der Waals surface area contributed by atoms with Crippen molar-refractivity contribution >= 4 is 5.91 Å². The van der Waals surface area contributed by atoms with E-state index in [4.69, 9.17) is 9.68 Å². The molecule has 1 aromatic heterocycles. The van der Waals surface area contributed by atoms with E-state index in [0.717, 1.165) is 4.90 Å². The van der Waals surface area contributed by atoms with Gasteiger partial charge in [-0.05, 0) is 12.1 Å². The van der Waals surface area contributed by atoms with Crippen molar-refractivity contribution < 1.29 is 9.21 Å². The Morgan fingerprint density at radius 2 is 2.55 bits per heavy atom. The van der Waals surface area contributed by atoms with Crippen LogP contribution < -0.4 is 0 Å². The molecule has 0 aliphatic rings. The molecule has 1 rings (SSSR count). The molecule has 0 aliphatic carbocycles. The van der Waals surface area contributed by atoms with Crippen molar-refractivity contribution in [3.63, 3.8) is 0 Å². The number of nitrogens with zero attached hydrogens (tertiary/aromatic N) is 2. The van der Waals surface area contributed by atoms with E-state index in [1.807, 2.05) is 0 Å². The van der Waals surface area contributed by atoms with Crippen LogP contribution in [-0.4, -0.2) is 17.9 Å². The van der Waals surface area contributed by atoms with E-state index in [1.54, 1.807) is 12.3 Å². The fourth-order valence-electron chi connectivity index (χ4n) is 0.611. The maximum atomic E-state index is 11.0. The molecule has 0 atom stereocenters. The van der Waals surface area contributed by atoms with Gasteiger partial charge in [-0.1, -0.05) is 0 Å². The molecule has 0 bridgehead atoms. The zero-order valence-electron chi connectivity index (χ0n) is 5.94. The summed E-state index contributed by atoms with van der Waals surface area (Å²) < 4.78 is 4.78. The molecule has 1 aromatic rings. The average Bonchev–Trinajstić information content (AvgIpc) is 2.53. The maximum Gasteiger partial charge on any atom is 0.302 e. The van der Waals surface area contributed by atoms with Crippen LogP contribution in [0.2, 0.25) is 0 Å². The first-order valence-electron chi connectivity index (χ1n) is 2.97. The van der Waals surface area contributed by atoms with Gasteiger partial charge in [0.25, 0.3) is 0 Å². The highest BCUT2D eigenvalue weighted by molar-refractivity contribution is 5.92. The summed E-state index contributed by atoms with van der Waals surface area (Å²) in [6.07, 6.45) is 3.06. The fourth-order valence-corrected chi connectivity index (χ4v) is 0.611. The summed E-state index contributed by atoms with van der Waals surface area (Å²) >= 11 is 0. The van der Waals surface area contributed by atoms with E-state index >= 15 is 0 Å². The molecule has 0 aliphatic heterocycles. The molecule has 4 heteroatoms. The van der Waals surface area contributed by atoms with E-state index in [-0.39, 0.29) is 5.76 Å². The first kappa shape index (κ1) is 7.35. The van der Waals surface area contributed by atoms with Crippen LogP contribution >= 0.6 is 0 Å². The molecule has 0 radical (unpaired) electrons. The summed E-state index contributed by atoms with van der Waals surface area (Å²) in [5.74, 6) is -0.258. The Bertz CT molecular complexity index is 284. The third kappa shape index (κ3) is 1.38. The molecule has 0 aromatic carbocycles. The third-order valence-corrected chi connectivity index (χ3v) is 1.19. The fraction of sp³-hybridized carbons (Fsp3) is 0.143. The van der Waals surface area contributed by atoms with Gasteiger partial charge in [0.2, 0.25) is 0 Å². The number of amides is 1. The third-order valence-electron chi connectivity index (χ3n) is 1.19. The molecule has 1 amide bonds. The summed E-state index contributed by atoms with van der Waals surface area (Å²) in [7, 11) is 1.38. The topological polar surface area (TPSA) is 57.2 Å². The molecule has 4 nitrogen and oxygen atoms in total. The summed E-state index contributed by atoms with van der Waals surface area (Å²) in [6.45, 7) is 0. The predicted octanol–water partition coefficient (Wildman–Crippen LogP) is 0.833. The number of carbonyl (C=O) groups is 1. The van der Waals surface area contributed by atoms with Crippen LogP contribution in [0.5, 0.6) is 0 Å². The minimum absolute atomic E-state index is 0.175. The van der Waals surface area contributed by atoms with Crippen LogP contribution in [0.25, 0.3) is 0 Å². The monoisotopic (exact) mass is 150 g/mol. The molecular weight excluding hydrogens is 144 g/mol. The van der Waals surface area contributed by atoms with E-state index in [0.29, 0.717) is 0 Å².